The average molecular weight is 417 g/mol. The van der Waals surface area contributed by atoms with E-state index >= 15 is 0 Å². The third-order valence-corrected chi connectivity index (χ3v) is 4.88. The van der Waals surface area contributed by atoms with Crippen molar-refractivity contribution in [1.82, 2.24) is 14.3 Å². The molecule has 10 heteroatoms. The molecule has 0 aliphatic carbocycles. The summed E-state index contributed by atoms with van der Waals surface area (Å²) >= 11 is 1.36. The van der Waals surface area contributed by atoms with Crippen LogP contribution in [0.25, 0.3) is 10.4 Å². The zero-order chi connectivity index (χ0) is 18.7. The normalized spacial score (nSPS) is 11.5. The van der Waals surface area contributed by atoms with E-state index in [0.717, 1.165) is 26.6 Å². The molecule has 2 N–H and O–H groups in total. The summed E-state index contributed by atoms with van der Waals surface area (Å²) in [5, 5.41) is 3.95. The molecule has 2 heterocycles. The summed E-state index contributed by atoms with van der Waals surface area (Å²) in [6.07, 6.45) is 1.74. The van der Waals surface area contributed by atoms with Crippen LogP contribution in [0.15, 0.2) is 53.4 Å². The highest BCUT2D eigenvalue weighted by atomic mass is 35.5. The van der Waals surface area contributed by atoms with Crippen LogP contribution in [0.5, 0.6) is 0 Å². The van der Waals surface area contributed by atoms with E-state index in [-0.39, 0.29) is 43.3 Å². The highest BCUT2D eigenvalue weighted by Crippen LogP contribution is 2.29. The number of nitrogens with two attached hydrogens (primary N) is 1. The predicted octanol–water partition coefficient (Wildman–Crippen LogP) is 3.33. The molecule has 2 aromatic heterocycles. The summed E-state index contributed by atoms with van der Waals surface area (Å²) in [5.41, 5.74) is 5.81. The van der Waals surface area contributed by atoms with Gasteiger partial charge in [0, 0.05) is 16.3 Å². The standard InChI is InChI=1S/C17H15F3N4OS.ClH/c18-6-11(7-21)8-24-17(25)23(10-22-24)9-13-2-4-16(26-13)12-1-3-14(19)15(20)5-12;/h1-6,10H,7-9,21H2;1H/b11-6+;. The third kappa shape index (κ3) is 4.68. The van der Waals surface area contributed by atoms with Crippen LogP contribution in [0, 0.1) is 11.6 Å². The molecule has 0 saturated carbocycles. The molecule has 1 aromatic carbocycles. The minimum atomic E-state index is -0.911. The van der Waals surface area contributed by atoms with Gasteiger partial charge in [0.15, 0.2) is 11.6 Å². The Balaban J connectivity index is 0.00000261. The van der Waals surface area contributed by atoms with Gasteiger partial charge in [-0.2, -0.15) is 5.10 Å². The summed E-state index contributed by atoms with van der Waals surface area (Å²) in [4.78, 5) is 13.9. The molecule has 0 aliphatic rings. The van der Waals surface area contributed by atoms with Gasteiger partial charge in [-0.05, 0) is 35.4 Å². The van der Waals surface area contributed by atoms with E-state index in [1.807, 2.05) is 0 Å². The van der Waals surface area contributed by atoms with Crippen molar-refractivity contribution in [3.63, 3.8) is 0 Å². The Morgan fingerprint density at radius 3 is 2.67 bits per heavy atom. The fourth-order valence-electron chi connectivity index (χ4n) is 2.36. The van der Waals surface area contributed by atoms with Crippen molar-refractivity contribution in [1.29, 1.82) is 0 Å². The smallest absolute Gasteiger partial charge is 0.327 e. The first-order chi connectivity index (χ1) is 12.5. The van der Waals surface area contributed by atoms with Crippen molar-refractivity contribution in [3.8, 4) is 10.4 Å². The Hall–Kier alpha value is -2.36. The Morgan fingerprint density at radius 1 is 1.22 bits per heavy atom. The summed E-state index contributed by atoms with van der Waals surface area (Å²) in [6, 6.07) is 7.28. The molecular formula is C17H16ClF3N4OS. The number of thiophene rings is 1. The van der Waals surface area contributed by atoms with E-state index in [9.17, 15) is 18.0 Å². The zero-order valence-electron chi connectivity index (χ0n) is 13.9. The SMILES string of the molecule is Cl.NC/C(=C\F)Cn1ncn(Cc2ccc(-c3ccc(F)c(F)c3)s2)c1=O. The highest BCUT2D eigenvalue weighted by molar-refractivity contribution is 7.15. The Labute approximate surface area is 163 Å². The van der Waals surface area contributed by atoms with Gasteiger partial charge in [0.2, 0.25) is 0 Å². The van der Waals surface area contributed by atoms with Crippen LogP contribution >= 0.6 is 23.7 Å². The van der Waals surface area contributed by atoms with Crippen LogP contribution in [0.1, 0.15) is 4.88 Å². The number of hydrogen-bond acceptors (Lipinski definition) is 4. The largest absolute Gasteiger partial charge is 0.346 e. The van der Waals surface area contributed by atoms with E-state index < -0.39 is 11.6 Å². The minimum Gasteiger partial charge on any atom is -0.327 e. The highest BCUT2D eigenvalue weighted by Gasteiger charge is 2.10. The second kappa shape index (κ2) is 9.03. The topological polar surface area (TPSA) is 65.8 Å². The van der Waals surface area contributed by atoms with Crippen molar-refractivity contribution in [3.05, 3.63) is 75.6 Å². The van der Waals surface area contributed by atoms with Gasteiger partial charge in [-0.3, -0.25) is 4.57 Å². The molecule has 5 nitrogen and oxygen atoms in total. The lowest BCUT2D eigenvalue weighted by atomic mass is 10.2. The van der Waals surface area contributed by atoms with Gasteiger partial charge in [0.05, 0.1) is 19.4 Å². The van der Waals surface area contributed by atoms with Crippen molar-refractivity contribution in [2.75, 3.05) is 6.54 Å². The maximum Gasteiger partial charge on any atom is 0.346 e. The first kappa shape index (κ1) is 20.9. The number of nitrogens with zero attached hydrogens (tertiary/aromatic N) is 3. The first-order valence-corrected chi connectivity index (χ1v) is 8.48. The first-order valence-electron chi connectivity index (χ1n) is 7.66. The second-order valence-electron chi connectivity index (χ2n) is 5.57. The second-order valence-corrected chi connectivity index (χ2v) is 6.73. The summed E-state index contributed by atoms with van der Waals surface area (Å²) in [7, 11) is 0. The summed E-state index contributed by atoms with van der Waals surface area (Å²) < 4.78 is 41.5. The number of rotatable bonds is 6. The monoisotopic (exact) mass is 416 g/mol. The number of aromatic nitrogens is 3. The molecule has 0 amide bonds. The lowest BCUT2D eigenvalue weighted by molar-refractivity contribution is 0.509. The molecule has 3 rings (SSSR count). The third-order valence-electron chi connectivity index (χ3n) is 3.76. The van der Waals surface area contributed by atoms with Gasteiger partial charge in [-0.25, -0.2) is 22.6 Å². The molecule has 3 aromatic rings. The Kier molecular flexibility index (Phi) is 7.00. The molecule has 0 fully saturated rings. The maximum atomic E-state index is 13.4. The fourth-order valence-corrected chi connectivity index (χ4v) is 3.36. The maximum absolute atomic E-state index is 13.4. The molecule has 0 saturated heterocycles. The van der Waals surface area contributed by atoms with Crippen LogP contribution in [-0.4, -0.2) is 20.9 Å². The Bertz CT molecular complexity index is 1010. The summed E-state index contributed by atoms with van der Waals surface area (Å²) in [5.74, 6) is -1.81. The van der Waals surface area contributed by atoms with Gasteiger partial charge in [0.25, 0.3) is 0 Å². The molecule has 0 spiro atoms. The average Bonchev–Trinajstić information content (AvgIpc) is 3.24. The lowest BCUT2D eigenvalue weighted by Crippen LogP contribution is -2.26. The van der Waals surface area contributed by atoms with Gasteiger partial charge in [0.1, 0.15) is 6.33 Å². The van der Waals surface area contributed by atoms with E-state index in [0.29, 0.717) is 11.9 Å². The van der Waals surface area contributed by atoms with E-state index in [1.165, 1.54) is 28.3 Å². The molecule has 0 radical (unpaired) electrons. The van der Waals surface area contributed by atoms with Crippen molar-refractivity contribution >= 4 is 23.7 Å². The van der Waals surface area contributed by atoms with E-state index in [2.05, 4.69) is 5.10 Å². The zero-order valence-corrected chi connectivity index (χ0v) is 15.6. The van der Waals surface area contributed by atoms with E-state index in [4.69, 9.17) is 5.73 Å². The van der Waals surface area contributed by atoms with Crippen LogP contribution in [-0.2, 0) is 13.1 Å². The van der Waals surface area contributed by atoms with Gasteiger partial charge < -0.3 is 5.73 Å². The minimum absolute atomic E-state index is 0. The molecule has 0 bridgehead atoms. The van der Waals surface area contributed by atoms with Gasteiger partial charge in [-0.1, -0.05) is 6.07 Å². The lowest BCUT2D eigenvalue weighted by Gasteiger charge is -2.01. The predicted molar refractivity (Wildman–Crippen MR) is 101 cm³/mol. The van der Waals surface area contributed by atoms with E-state index in [1.54, 1.807) is 12.1 Å². The van der Waals surface area contributed by atoms with Crippen LogP contribution < -0.4 is 11.4 Å². The van der Waals surface area contributed by atoms with Gasteiger partial charge in [-0.15, -0.1) is 23.7 Å². The van der Waals surface area contributed by atoms with Crippen LogP contribution in [0.2, 0.25) is 0 Å². The fraction of sp³-hybridized carbons (Fsp3) is 0.176. The van der Waals surface area contributed by atoms with Crippen molar-refractivity contribution in [2.45, 2.75) is 13.1 Å². The van der Waals surface area contributed by atoms with Crippen molar-refractivity contribution < 1.29 is 13.2 Å². The molecule has 0 atom stereocenters. The number of hydrogen-bond donors (Lipinski definition) is 1. The van der Waals surface area contributed by atoms with Crippen LogP contribution in [0.3, 0.4) is 0 Å². The molecule has 0 aliphatic heterocycles. The number of halogens is 4. The quantitative estimate of drug-likeness (QED) is 0.670. The van der Waals surface area contributed by atoms with Crippen LogP contribution in [0.4, 0.5) is 13.2 Å². The molecule has 27 heavy (non-hydrogen) atoms. The molecule has 144 valence electrons. The number of benzene rings is 1. The molecule has 0 unspecified atom stereocenters. The summed E-state index contributed by atoms with van der Waals surface area (Å²) in [6.45, 7) is 0.256. The molecular weight excluding hydrogens is 401 g/mol. The Morgan fingerprint density at radius 2 is 2.00 bits per heavy atom. The van der Waals surface area contributed by atoms with Crippen molar-refractivity contribution in [2.24, 2.45) is 5.73 Å². The van der Waals surface area contributed by atoms with Gasteiger partial charge >= 0.3 is 5.69 Å².